The summed E-state index contributed by atoms with van der Waals surface area (Å²) in [4.78, 5) is 25.0. The molecule has 4 N–H and O–H groups in total. The Morgan fingerprint density at radius 1 is 1.11 bits per heavy atom. The molecular formula is C17H14N10. The van der Waals surface area contributed by atoms with Gasteiger partial charge in [0.05, 0.1) is 12.0 Å². The molecule has 27 heavy (non-hydrogen) atoms. The Bertz CT molecular complexity index is 1270. The maximum Gasteiger partial charge on any atom is 0.162 e. The summed E-state index contributed by atoms with van der Waals surface area (Å²) in [6.45, 7) is 1.79. The first kappa shape index (κ1) is 15.2. The van der Waals surface area contributed by atoms with Crippen LogP contribution in [0.1, 0.15) is 5.82 Å². The quantitative estimate of drug-likeness (QED) is 0.446. The van der Waals surface area contributed by atoms with E-state index in [1.54, 1.807) is 30.0 Å². The average molecular weight is 358 g/mol. The van der Waals surface area contributed by atoms with Crippen LogP contribution in [0, 0.1) is 6.92 Å². The maximum atomic E-state index is 5.92. The van der Waals surface area contributed by atoms with Gasteiger partial charge in [0.2, 0.25) is 0 Å². The molecule has 0 bridgehead atoms. The molecule has 0 saturated heterocycles. The van der Waals surface area contributed by atoms with Crippen LogP contribution in [-0.4, -0.2) is 39.5 Å². The average Bonchev–Trinajstić information content (AvgIpc) is 3.24. The Kier molecular flexibility index (Phi) is 3.22. The van der Waals surface area contributed by atoms with Gasteiger partial charge in [0.15, 0.2) is 17.1 Å². The molecule has 0 spiro atoms. The summed E-state index contributed by atoms with van der Waals surface area (Å²) in [5.74, 6) is 2.14. The second kappa shape index (κ2) is 5.73. The minimum atomic E-state index is 0.381. The summed E-state index contributed by atoms with van der Waals surface area (Å²) in [6.07, 6.45) is 3.29. The van der Waals surface area contributed by atoms with E-state index in [-0.39, 0.29) is 0 Å². The third-order valence-corrected chi connectivity index (χ3v) is 4.02. The van der Waals surface area contributed by atoms with Crippen molar-refractivity contribution in [3.8, 4) is 11.4 Å². The van der Waals surface area contributed by atoms with Gasteiger partial charge in [-0.2, -0.15) is 5.10 Å². The number of nitrogens with zero attached hydrogens (tertiary/aromatic N) is 7. The van der Waals surface area contributed by atoms with Crippen LogP contribution >= 0.6 is 0 Å². The molecule has 0 radical (unpaired) electrons. The van der Waals surface area contributed by atoms with Gasteiger partial charge in [0, 0.05) is 12.3 Å². The van der Waals surface area contributed by atoms with E-state index in [0.29, 0.717) is 46.0 Å². The number of fused-ring (bicyclic) bond motifs is 2. The fraction of sp³-hybridized carbons (Fsp3) is 0.0588. The maximum absolute atomic E-state index is 5.92. The lowest BCUT2D eigenvalue weighted by atomic mass is 10.2. The van der Waals surface area contributed by atoms with Gasteiger partial charge in [-0.15, -0.1) is 0 Å². The summed E-state index contributed by atoms with van der Waals surface area (Å²) in [5.41, 5.74) is 9.36. The van der Waals surface area contributed by atoms with Crippen LogP contribution in [0.4, 0.5) is 17.5 Å². The molecule has 10 heteroatoms. The Morgan fingerprint density at radius 2 is 2.04 bits per heavy atom. The van der Waals surface area contributed by atoms with Crippen LogP contribution in [0.3, 0.4) is 0 Å². The van der Waals surface area contributed by atoms with E-state index in [1.807, 2.05) is 24.3 Å². The predicted molar refractivity (Wildman–Crippen MR) is 100 cm³/mol. The number of H-pyrrole nitrogens is 1. The number of imidazole rings is 2. The van der Waals surface area contributed by atoms with Gasteiger partial charge in [-0.25, -0.2) is 29.4 Å². The summed E-state index contributed by atoms with van der Waals surface area (Å²) < 4.78 is 1.71. The molecule has 10 nitrogen and oxygen atoms in total. The molecule has 132 valence electrons. The topological polar surface area (TPSA) is 136 Å². The lowest BCUT2D eigenvalue weighted by Gasteiger charge is -2.07. The van der Waals surface area contributed by atoms with Gasteiger partial charge in [0.1, 0.15) is 28.7 Å². The van der Waals surface area contributed by atoms with Crippen molar-refractivity contribution in [1.82, 2.24) is 39.5 Å². The third-order valence-electron chi connectivity index (χ3n) is 4.02. The Hall–Kier alpha value is -4.08. The highest BCUT2D eigenvalue weighted by molar-refractivity contribution is 5.79. The number of hydrogen-bond acceptors (Lipinski definition) is 8. The Labute approximate surface area is 152 Å². The first-order valence-corrected chi connectivity index (χ1v) is 8.20. The smallest absolute Gasteiger partial charge is 0.162 e. The zero-order valence-corrected chi connectivity index (χ0v) is 14.2. The molecule has 5 heterocycles. The van der Waals surface area contributed by atoms with Gasteiger partial charge >= 0.3 is 0 Å². The number of aryl methyl sites for hydroxylation is 1. The molecular weight excluding hydrogens is 344 g/mol. The summed E-state index contributed by atoms with van der Waals surface area (Å²) in [7, 11) is 0. The van der Waals surface area contributed by atoms with Crippen molar-refractivity contribution in [3.05, 3.63) is 48.7 Å². The second-order valence-electron chi connectivity index (χ2n) is 5.92. The van der Waals surface area contributed by atoms with E-state index < -0.39 is 0 Å². The van der Waals surface area contributed by atoms with E-state index in [0.717, 1.165) is 5.52 Å². The summed E-state index contributed by atoms with van der Waals surface area (Å²) >= 11 is 0. The standard InChI is InChI=1S/C17H14N10/c1-9-22-11(7-12(18)23-9)15-17(26-14-3-2-6-21-27(14)15)25-13-5-4-10-16(24-13)20-8-19-10/h2-8H,1H3,(H2,18,22,23)(H2,19,20,24,25). The lowest BCUT2D eigenvalue weighted by molar-refractivity contribution is 0.932. The Morgan fingerprint density at radius 3 is 2.93 bits per heavy atom. The highest BCUT2D eigenvalue weighted by Gasteiger charge is 2.18. The number of nitrogen functional groups attached to an aromatic ring is 1. The van der Waals surface area contributed by atoms with E-state index >= 15 is 0 Å². The number of aromatic amines is 1. The van der Waals surface area contributed by atoms with E-state index in [9.17, 15) is 0 Å². The van der Waals surface area contributed by atoms with Crippen molar-refractivity contribution >= 4 is 34.3 Å². The number of anilines is 3. The summed E-state index contributed by atoms with van der Waals surface area (Å²) in [5, 5.41) is 7.65. The van der Waals surface area contributed by atoms with Crippen molar-refractivity contribution in [2.24, 2.45) is 0 Å². The zero-order chi connectivity index (χ0) is 18.4. The normalized spacial score (nSPS) is 11.3. The molecule has 0 aliphatic carbocycles. The SMILES string of the molecule is Cc1nc(N)cc(-c2c(Nc3ccc4nc[nH]c4n3)nc3cccnn23)n1. The number of nitrogens with one attached hydrogen (secondary N) is 2. The number of hydrogen-bond donors (Lipinski definition) is 3. The van der Waals surface area contributed by atoms with Crippen molar-refractivity contribution in [1.29, 1.82) is 0 Å². The summed E-state index contributed by atoms with van der Waals surface area (Å²) in [6, 6.07) is 9.10. The fourth-order valence-corrected chi connectivity index (χ4v) is 2.93. The fourth-order valence-electron chi connectivity index (χ4n) is 2.93. The number of rotatable bonds is 3. The van der Waals surface area contributed by atoms with Gasteiger partial charge in [0.25, 0.3) is 0 Å². The van der Waals surface area contributed by atoms with Crippen molar-refractivity contribution < 1.29 is 0 Å². The minimum absolute atomic E-state index is 0.381. The van der Waals surface area contributed by atoms with Gasteiger partial charge in [-0.1, -0.05) is 0 Å². The van der Waals surface area contributed by atoms with Crippen LogP contribution in [0.5, 0.6) is 0 Å². The first-order valence-electron chi connectivity index (χ1n) is 8.20. The van der Waals surface area contributed by atoms with E-state index in [1.165, 1.54) is 0 Å². The number of aromatic nitrogens is 8. The molecule has 0 unspecified atom stereocenters. The van der Waals surface area contributed by atoms with Crippen LogP contribution in [-0.2, 0) is 0 Å². The van der Waals surface area contributed by atoms with Gasteiger partial charge in [-0.05, 0) is 31.2 Å². The molecule has 0 fully saturated rings. The molecule has 0 saturated carbocycles. The van der Waals surface area contributed by atoms with Crippen molar-refractivity contribution in [2.45, 2.75) is 6.92 Å². The Balaban J connectivity index is 1.69. The van der Waals surface area contributed by atoms with Crippen LogP contribution in [0.25, 0.3) is 28.2 Å². The number of nitrogens with two attached hydrogens (primary N) is 1. The molecule has 5 aromatic rings. The predicted octanol–water partition coefficient (Wildman–Crippen LogP) is 2.09. The van der Waals surface area contributed by atoms with Crippen LogP contribution in [0.15, 0.2) is 42.9 Å². The molecule has 0 aliphatic rings. The van der Waals surface area contributed by atoms with E-state index in [4.69, 9.17) is 5.73 Å². The minimum Gasteiger partial charge on any atom is -0.384 e. The van der Waals surface area contributed by atoms with Crippen LogP contribution < -0.4 is 11.1 Å². The van der Waals surface area contributed by atoms with E-state index in [2.05, 4.69) is 40.3 Å². The third kappa shape index (κ3) is 2.59. The van der Waals surface area contributed by atoms with Gasteiger partial charge in [-0.3, -0.25) is 0 Å². The molecule has 0 aromatic carbocycles. The monoisotopic (exact) mass is 358 g/mol. The molecule has 5 aromatic heterocycles. The van der Waals surface area contributed by atoms with Crippen molar-refractivity contribution in [3.63, 3.8) is 0 Å². The first-order chi connectivity index (χ1) is 13.2. The van der Waals surface area contributed by atoms with Crippen LogP contribution in [0.2, 0.25) is 0 Å². The largest absolute Gasteiger partial charge is 0.384 e. The lowest BCUT2D eigenvalue weighted by Crippen LogP contribution is -2.02. The highest BCUT2D eigenvalue weighted by Crippen LogP contribution is 2.30. The van der Waals surface area contributed by atoms with Crippen molar-refractivity contribution in [2.75, 3.05) is 11.1 Å². The van der Waals surface area contributed by atoms with Gasteiger partial charge < -0.3 is 16.0 Å². The highest BCUT2D eigenvalue weighted by atomic mass is 15.3. The second-order valence-corrected chi connectivity index (χ2v) is 5.92. The molecule has 0 amide bonds. The zero-order valence-electron chi connectivity index (χ0n) is 14.2. The molecule has 0 atom stereocenters. The molecule has 5 rings (SSSR count). The molecule has 0 aliphatic heterocycles. The number of pyridine rings is 1.